The van der Waals surface area contributed by atoms with Crippen molar-refractivity contribution >= 4 is 23.0 Å². The van der Waals surface area contributed by atoms with Gasteiger partial charge in [-0.25, -0.2) is 0 Å². The second-order valence-electron chi connectivity index (χ2n) is 8.97. The van der Waals surface area contributed by atoms with E-state index in [1.54, 1.807) is 13.3 Å². The topological polar surface area (TPSA) is 85.4 Å². The predicted molar refractivity (Wildman–Crippen MR) is 117 cm³/mol. The molecule has 3 heterocycles. The van der Waals surface area contributed by atoms with Gasteiger partial charge < -0.3 is 19.4 Å². The Morgan fingerprint density at radius 1 is 1.39 bits per heavy atom. The second kappa shape index (κ2) is 8.24. The zero-order chi connectivity index (χ0) is 21.3. The van der Waals surface area contributed by atoms with Crippen LogP contribution in [0.25, 0.3) is 11.1 Å². The van der Waals surface area contributed by atoms with Gasteiger partial charge in [-0.1, -0.05) is 0 Å². The molecule has 1 atom stereocenters. The van der Waals surface area contributed by atoms with Crippen LogP contribution in [0.4, 0.5) is 6.01 Å². The van der Waals surface area contributed by atoms with Crippen LogP contribution in [0.5, 0.6) is 5.75 Å². The Hall–Kier alpha value is -3.03. The van der Waals surface area contributed by atoms with Gasteiger partial charge in [-0.15, -0.1) is 0 Å². The van der Waals surface area contributed by atoms with Crippen molar-refractivity contribution < 1.29 is 13.9 Å². The van der Waals surface area contributed by atoms with E-state index >= 15 is 0 Å². The molecule has 5 rings (SSSR count). The van der Waals surface area contributed by atoms with Crippen molar-refractivity contribution in [2.75, 3.05) is 31.6 Å². The predicted octanol–water partition coefficient (Wildman–Crippen LogP) is 3.24. The van der Waals surface area contributed by atoms with Gasteiger partial charge in [0.25, 0.3) is 6.01 Å². The van der Waals surface area contributed by atoms with Gasteiger partial charge in [-0.2, -0.15) is 10.1 Å². The van der Waals surface area contributed by atoms with Gasteiger partial charge >= 0.3 is 0 Å². The number of oxazole rings is 1. The highest BCUT2D eigenvalue weighted by molar-refractivity contribution is 5.77. The highest BCUT2D eigenvalue weighted by atomic mass is 16.5. The number of nitrogens with zero attached hydrogens (tertiary/aromatic N) is 4. The number of nitrogens with one attached hydrogen (secondary N) is 1. The number of hydrogen-bond acceptors (Lipinski definition) is 6. The minimum atomic E-state index is 0.140. The molecule has 31 heavy (non-hydrogen) atoms. The monoisotopic (exact) mass is 423 g/mol. The molecule has 0 bridgehead atoms. The zero-order valence-electron chi connectivity index (χ0n) is 17.9. The van der Waals surface area contributed by atoms with Crippen molar-refractivity contribution in [3.8, 4) is 5.75 Å². The molecule has 164 valence electrons. The van der Waals surface area contributed by atoms with Gasteiger partial charge in [0.05, 0.1) is 7.11 Å². The molecule has 8 nitrogen and oxygen atoms in total. The van der Waals surface area contributed by atoms with Crippen LogP contribution in [0.15, 0.2) is 41.1 Å². The molecule has 0 radical (unpaired) electrons. The van der Waals surface area contributed by atoms with Crippen LogP contribution in [0, 0.1) is 11.3 Å². The number of ether oxygens (including phenoxy) is 1. The summed E-state index contributed by atoms with van der Waals surface area (Å²) in [6.45, 7) is 3.29. The number of aromatic nitrogens is 3. The van der Waals surface area contributed by atoms with Crippen molar-refractivity contribution in [3.63, 3.8) is 0 Å². The number of amides is 1. The SMILES string of the molecule is COc1ccc2oc(N3CCCC(CC(=O)NCC4(Cn5cccn5)CC4)C3)nc2c1. The number of carbonyl (C=O) groups excluding carboxylic acids is 1. The molecule has 1 amide bonds. The second-order valence-corrected chi connectivity index (χ2v) is 8.97. The van der Waals surface area contributed by atoms with Gasteiger partial charge in [-0.05, 0) is 49.8 Å². The van der Waals surface area contributed by atoms with Crippen molar-refractivity contribution in [2.45, 2.75) is 38.6 Å². The van der Waals surface area contributed by atoms with E-state index in [4.69, 9.17) is 9.15 Å². The number of piperidine rings is 1. The Balaban J connectivity index is 1.15. The number of carbonyl (C=O) groups is 1. The molecule has 3 aromatic rings. The fraction of sp³-hybridized carbons (Fsp3) is 0.522. The van der Waals surface area contributed by atoms with E-state index in [2.05, 4.69) is 20.3 Å². The Kier molecular flexibility index (Phi) is 5.29. The minimum Gasteiger partial charge on any atom is -0.497 e. The van der Waals surface area contributed by atoms with Crippen molar-refractivity contribution in [1.82, 2.24) is 20.1 Å². The smallest absolute Gasteiger partial charge is 0.298 e. The van der Waals surface area contributed by atoms with Gasteiger partial charge in [-0.3, -0.25) is 9.48 Å². The molecule has 1 aliphatic carbocycles. The molecule has 8 heteroatoms. The highest BCUT2D eigenvalue weighted by Gasteiger charge is 2.43. The third kappa shape index (κ3) is 4.52. The molecule has 1 aliphatic heterocycles. The summed E-state index contributed by atoms with van der Waals surface area (Å²) in [6, 6.07) is 8.21. The van der Waals surface area contributed by atoms with Crippen molar-refractivity contribution in [1.29, 1.82) is 0 Å². The first-order valence-electron chi connectivity index (χ1n) is 11.1. The number of fused-ring (bicyclic) bond motifs is 1. The highest BCUT2D eigenvalue weighted by Crippen LogP contribution is 2.46. The van der Waals surface area contributed by atoms with E-state index in [1.165, 1.54) is 0 Å². The molecule has 1 N–H and O–H groups in total. The summed E-state index contributed by atoms with van der Waals surface area (Å²) in [4.78, 5) is 19.4. The van der Waals surface area contributed by atoms with Crippen LogP contribution in [-0.2, 0) is 11.3 Å². The summed E-state index contributed by atoms with van der Waals surface area (Å²) >= 11 is 0. The third-order valence-corrected chi connectivity index (χ3v) is 6.52. The minimum absolute atomic E-state index is 0.140. The van der Waals surface area contributed by atoms with Crippen molar-refractivity contribution in [3.05, 3.63) is 36.7 Å². The lowest BCUT2D eigenvalue weighted by atomic mass is 9.94. The molecule has 2 aliphatic rings. The normalized spacial score (nSPS) is 20.0. The van der Waals surface area contributed by atoms with Crippen LogP contribution in [0.2, 0.25) is 0 Å². The molecule has 0 spiro atoms. The van der Waals surface area contributed by atoms with E-state index in [0.29, 0.717) is 18.4 Å². The average Bonchev–Trinajstić information content (AvgIpc) is 3.15. The zero-order valence-corrected chi connectivity index (χ0v) is 17.9. The van der Waals surface area contributed by atoms with Crippen LogP contribution in [0.1, 0.15) is 32.1 Å². The Bertz CT molecular complexity index is 1040. The summed E-state index contributed by atoms with van der Waals surface area (Å²) in [5.41, 5.74) is 1.73. The van der Waals surface area contributed by atoms with E-state index in [-0.39, 0.29) is 11.3 Å². The van der Waals surface area contributed by atoms with Gasteiger partial charge in [0.2, 0.25) is 5.91 Å². The number of anilines is 1. The van der Waals surface area contributed by atoms with Crippen LogP contribution in [-0.4, -0.2) is 47.4 Å². The molecule has 1 aromatic carbocycles. The Morgan fingerprint density at radius 2 is 2.29 bits per heavy atom. The van der Waals surface area contributed by atoms with E-state index in [0.717, 1.165) is 68.7 Å². The molecule has 1 unspecified atom stereocenters. The van der Waals surface area contributed by atoms with E-state index in [1.807, 2.05) is 35.1 Å². The first kappa shape index (κ1) is 19.9. The van der Waals surface area contributed by atoms with E-state index in [9.17, 15) is 4.79 Å². The maximum Gasteiger partial charge on any atom is 0.298 e. The standard InChI is InChI=1S/C23H29N5O3/c1-30-18-5-6-20-19(13-18)26-22(31-20)27-10-2-4-17(14-27)12-21(29)24-15-23(7-8-23)16-28-11-3-9-25-28/h3,5-6,9,11,13,17H,2,4,7-8,10,12,14-16H2,1H3,(H,24,29). The summed E-state index contributed by atoms with van der Waals surface area (Å²) in [5, 5.41) is 7.48. The third-order valence-electron chi connectivity index (χ3n) is 6.52. The van der Waals surface area contributed by atoms with Crippen LogP contribution in [0.3, 0.4) is 0 Å². The van der Waals surface area contributed by atoms with Gasteiger partial charge in [0.15, 0.2) is 5.58 Å². The quantitative estimate of drug-likeness (QED) is 0.599. The first-order valence-corrected chi connectivity index (χ1v) is 11.1. The van der Waals surface area contributed by atoms with E-state index < -0.39 is 0 Å². The first-order chi connectivity index (χ1) is 15.1. The lowest BCUT2D eigenvalue weighted by molar-refractivity contribution is -0.122. The largest absolute Gasteiger partial charge is 0.497 e. The summed E-state index contributed by atoms with van der Waals surface area (Å²) in [6.07, 6.45) is 8.71. The average molecular weight is 424 g/mol. The fourth-order valence-corrected chi connectivity index (χ4v) is 4.49. The number of rotatable bonds is 8. The number of hydrogen-bond donors (Lipinski definition) is 1. The lowest BCUT2D eigenvalue weighted by Gasteiger charge is -2.31. The maximum atomic E-state index is 12.6. The summed E-state index contributed by atoms with van der Waals surface area (Å²) in [5.74, 6) is 1.21. The van der Waals surface area contributed by atoms with Crippen LogP contribution >= 0.6 is 0 Å². The molecule has 2 aromatic heterocycles. The van der Waals surface area contributed by atoms with Gasteiger partial charge in [0, 0.05) is 56.5 Å². The Labute approximate surface area is 181 Å². The summed E-state index contributed by atoms with van der Waals surface area (Å²) in [7, 11) is 1.64. The van der Waals surface area contributed by atoms with Crippen molar-refractivity contribution in [2.24, 2.45) is 11.3 Å². The Morgan fingerprint density at radius 3 is 3.06 bits per heavy atom. The van der Waals surface area contributed by atoms with Gasteiger partial charge in [0.1, 0.15) is 11.3 Å². The number of benzene rings is 1. The molecule has 1 saturated carbocycles. The fourth-order valence-electron chi connectivity index (χ4n) is 4.49. The number of methoxy groups -OCH3 is 1. The lowest BCUT2D eigenvalue weighted by Crippen LogP contribution is -2.39. The maximum absolute atomic E-state index is 12.6. The van der Waals surface area contributed by atoms with Crippen LogP contribution < -0.4 is 15.0 Å². The summed E-state index contributed by atoms with van der Waals surface area (Å²) < 4.78 is 13.2. The molecule has 2 fully saturated rings. The molecular weight excluding hydrogens is 394 g/mol. The molecule has 1 saturated heterocycles. The molecular formula is C23H29N5O3.